The number of carbonyl (C=O) groups excluding carboxylic acids is 1. The van der Waals surface area contributed by atoms with Gasteiger partial charge in [0, 0.05) is 12.3 Å². The number of allylic oxidation sites excluding steroid dienone is 2. The normalized spacial score (nSPS) is 31.2. The van der Waals surface area contributed by atoms with E-state index in [2.05, 4.69) is 13.0 Å². The molecule has 2 aliphatic carbocycles. The number of fused-ring (bicyclic) bond motifs is 1. The molecule has 0 N–H and O–H groups in total. The van der Waals surface area contributed by atoms with E-state index in [0.717, 1.165) is 12.8 Å². The van der Waals surface area contributed by atoms with Crippen LogP contribution in [-0.4, -0.2) is 5.78 Å². The van der Waals surface area contributed by atoms with E-state index in [1.807, 2.05) is 0 Å². The second kappa shape index (κ2) is 3.65. The molecular weight excluding hydrogens is 160 g/mol. The zero-order valence-corrected chi connectivity index (χ0v) is 8.38. The first-order valence-corrected chi connectivity index (χ1v) is 5.56. The van der Waals surface area contributed by atoms with Crippen LogP contribution in [0, 0.1) is 11.8 Å². The van der Waals surface area contributed by atoms with Crippen LogP contribution in [0.1, 0.15) is 45.4 Å². The predicted octanol–water partition coefficient (Wildman–Crippen LogP) is 3.10. The highest BCUT2D eigenvalue weighted by Crippen LogP contribution is 2.45. The highest BCUT2D eigenvalue weighted by Gasteiger charge is 2.41. The average molecular weight is 178 g/mol. The predicted molar refractivity (Wildman–Crippen MR) is 53.4 cm³/mol. The molecule has 1 fully saturated rings. The Bertz CT molecular complexity index is 240. The van der Waals surface area contributed by atoms with Crippen LogP contribution in [0.5, 0.6) is 0 Å². The standard InChI is InChI=1S/C12H18O/c1-2-3-4-5-9-8-10-6-7-11(13)12(9)10/h8,10,12H,2-7H2,1H3/t10-,12+/m1/s1. The monoisotopic (exact) mass is 178 g/mol. The van der Waals surface area contributed by atoms with Gasteiger partial charge >= 0.3 is 0 Å². The Morgan fingerprint density at radius 3 is 3.00 bits per heavy atom. The summed E-state index contributed by atoms with van der Waals surface area (Å²) in [4.78, 5) is 11.4. The Balaban J connectivity index is 1.83. The Labute approximate surface area is 80.2 Å². The average Bonchev–Trinajstić information content (AvgIpc) is 2.35. The van der Waals surface area contributed by atoms with Gasteiger partial charge in [0.05, 0.1) is 0 Å². The van der Waals surface area contributed by atoms with Crippen LogP contribution in [0.2, 0.25) is 0 Å². The number of hydrogen-bond donors (Lipinski definition) is 0. The Morgan fingerprint density at radius 1 is 1.46 bits per heavy atom. The van der Waals surface area contributed by atoms with Crippen molar-refractivity contribution in [1.82, 2.24) is 0 Å². The fraction of sp³-hybridized carbons (Fsp3) is 0.750. The third-order valence-corrected chi connectivity index (χ3v) is 3.40. The van der Waals surface area contributed by atoms with Crippen molar-refractivity contribution in [2.24, 2.45) is 11.8 Å². The van der Waals surface area contributed by atoms with E-state index >= 15 is 0 Å². The molecule has 2 atom stereocenters. The molecule has 0 heterocycles. The van der Waals surface area contributed by atoms with Gasteiger partial charge in [0.2, 0.25) is 0 Å². The van der Waals surface area contributed by atoms with E-state index in [0.29, 0.717) is 17.6 Å². The minimum absolute atomic E-state index is 0.372. The zero-order valence-electron chi connectivity index (χ0n) is 8.38. The van der Waals surface area contributed by atoms with Crippen LogP contribution >= 0.6 is 0 Å². The minimum Gasteiger partial charge on any atom is -0.299 e. The van der Waals surface area contributed by atoms with E-state index in [4.69, 9.17) is 0 Å². The van der Waals surface area contributed by atoms with Gasteiger partial charge in [-0.25, -0.2) is 0 Å². The number of ketones is 1. The summed E-state index contributed by atoms with van der Waals surface area (Å²) in [5.74, 6) is 1.53. The summed E-state index contributed by atoms with van der Waals surface area (Å²) >= 11 is 0. The van der Waals surface area contributed by atoms with Gasteiger partial charge in [-0.15, -0.1) is 0 Å². The molecule has 2 rings (SSSR count). The van der Waals surface area contributed by atoms with Gasteiger partial charge in [-0.2, -0.15) is 0 Å². The van der Waals surface area contributed by atoms with Crippen molar-refractivity contribution in [3.63, 3.8) is 0 Å². The second-order valence-corrected chi connectivity index (χ2v) is 4.35. The van der Waals surface area contributed by atoms with E-state index < -0.39 is 0 Å². The molecule has 0 unspecified atom stereocenters. The molecule has 0 amide bonds. The summed E-state index contributed by atoms with van der Waals surface area (Å²) in [6.45, 7) is 2.22. The maximum absolute atomic E-state index is 11.4. The number of Topliss-reactive ketones (excluding diaryl/α,β-unsaturated/α-hetero) is 1. The minimum atomic E-state index is 0.372. The molecule has 2 aliphatic rings. The van der Waals surface area contributed by atoms with E-state index in [9.17, 15) is 4.79 Å². The first-order chi connectivity index (χ1) is 6.33. The molecule has 0 aromatic carbocycles. The van der Waals surface area contributed by atoms with Crippen molar-refractivity contribution in [2.75, 3.05) is 0 Å². The summed E-state index contributed by atoms with van der Waals surface area (Å²) < 4.78 is 0. The van der Waals surface area contributed by atoms with Crippen molar-refractivity contribution >= 4 is 5.78 Å². The highest BCUT2D eigenvalue weighted by molar-refractivity contribution is 5.88. The summed E-state index contributed by atoms with van der Waals surface area (Å²) in [7, 11) is 0. The smallest absolute Gasteiger partial charge is 0.140 e. The van der Waals surface area contributed by atoms with Crippen LogP contribution in [0.3, 0.4) is 0 Å². The Hall–Kier alpha value is -0.590. The summed E-state index contributed by atoms with van der Waals surface area (Å²) in [5, 5.41) is 0. The van der Waals surface area contributed by atoms with Crippen molar-refractivity contribution in [3.8, 4) is 0 Å². The largest absolute Gasteiger partial charge is 0.299 e. The SMILES string of the molecule is CCCCCC1=C[C@H]2CCC(=O)[C@@H]12. The lowest BCUT2D eigenvalue weighted by atomic mass is 9.74. The second-order valence-electron chi connectivity index (χ2n) is 4.35. The molecule has 1 saturated carbocycles. The third kappa shape index (κ3) is 1.56. The van der Waals surface area contributed by atoms with Gasteiger partial charge in [-0.1, -0.05) is 31.4 Å². The molecule has 1 heteroatoms. The van der Waals surface area contributed by atoms with E-state index in [1.54, 1.807) is 0 Å². The molecule has 0 bridgehead atoms. The first-order valence-electron chi connectivity index (χ1n) is 5.56. The lowest BCUT2D eigenvalue weighted by Gasteiger charge is -2.29. The first kappa shape index (κ1) is 8.98. The van der Waals surface area contributed by atoms with Crippen LogP contribution in [0.25, 0.3) is 0 Å². The van der Waals surface area contributed by atoms with Crippen molar-refractivity contribution in [3.05, 3.63) is 11.6 Å². The van der Waals surface area contributed by atoms with Crippen LogP contribution in [0.15, 0.2) is 11.6 Å². The van der Waals surface area contributed by atoms with Crippen LogP contribution in [-0.2, 0) is 4.79 Å². The molecule has 0 aromatic rings. The number of hydrogen-bond acceptors (Lipinski definition) is 1. The molecule has 72 valence electrons. The Morgan fingerprint density at radius 2 is 2.31 bits per heavy atom. The zero-order chi connectivity index (χ0) is 9.26. The number of carbonyl (C=O) groups is 1. The van der Waals surface area contributed by atoms with E-state index in [1.165, 1.54) is 31.3 Å². The number of unbranched alkanes of at least 4 members (excludes halogenated alkanes) is 2. The molecule has 0 aliphatic heterocycles. The van der Waals surface area contributed by atoms with Crippen molar-refractivity contribution < 1.29 is 4.79 Å². The fourth-order valence-electron chi connectivity index (χ4n) is 2.61. The molecular formula is C12H18O. The van der Waals surface area contributed by atoms with Gasteiger partial charge in [0.1, 0.15) is 5.78 Å². The molecule has 0 spiro atoms. The lowest BCUT2D eigenvalue weighted by molar-refractivity contribution is -0.120. The van der Waals surface area contributed by atoms with Gasteiger partial charge in [0.15, 0.2) is 0 Å². The fourth-order valence-corrected chi connectivity index (χ4v) is 2.61. The quantitative estimate of drug-likeness (QED) is 0.477. The number of rotatable bonds is 4. The molecule has 0 aromatic heterocycles. The summed E-state index contributed by atoms with van der Waals surface area (Å²) in [6, 6.07) is 0. The van der Waals surface area contributed by atoms with Crippen LogP contribution < -0.4 is 0 Å². The van der Waals surface area contributed by atoms with Gasteiger partial charge < -0.3 is 0 Å². The van der Waals surface area contributed by atoms with Gasteiger partial charge in [-0.05, 0) is 25.2 Å². The molecule has 13 heavy (non-hydrogen) atoms. The molecule has 1 nitrogen and oxygen atoms in total. The van der Waals surface area contributed by atoms with Crippen molar-refractivity contribution in [2.45, 2.75) is 45.4 Å². The molecule has 0 saturated heterocycles. The van der Waals surface area contributed by atoms with Crippen molar-refractivity contribution in [1.29, 1.82) is 0 Å². The Kier molecular flexibility index (Phi) is 2.52. The summed E-state index contributed by atoms with van der Waals surface area (Å²) in [6.07, 6.45) is 9.35. The highest BCUT2D eigenvalue weighted by atomic mass is 16.1. The maximum atomic E-state index is 11.4. The van der Waals surface area contributed by atoms with E-state index in [-0.39, 0.29) is 0 Å². The maximum Gasteiger partial charge on any atom is 0.140 e. The summed E-state index contributed by atoms with van der Waals surface area (Å²) in [5.41, 5.74) is 1.46. The van der Waals surface area contributed by atoms with Gasteiger partial charge in [0.25, 0.3) is 0 Å². The third-order valence-electron chi connectivity index (χ3n) is 3.40. The molecule has 0 radical (unpaired) electrons. The van der Waals surface area contributed by atoms with Gasteiger partial charge in [-0.3, -0.25) is 4.79 Å². The lowest BCUT2D eigenvalue weighted by Crippen LogP contribution is -2.24. The van der Waals surface area contributed by atoms with Crippen LogP contribution in [0.4, 0.5) is 0 Å². The topological polar surface area (TPSA) is 17.1 Å².